The second kappa shape index (κ2) is 8.53. The number of carbonyl (C=O) groups is 1. The van der Waals surface area contributed by atoms with Gasteiger partial charge in [0.05, 0.1) is 17.7 Å². The van der Waals surface area contributed by atoms with Crippen LogP contribution in [0.4, 0.5) is 17.1 Å². The molecule has 142 valence electrons. The lowest BCUT2D eigenvalue weighted by molar-refractivity contribution is -0.384. The lowest BCUT2D eigenvalue weighted by atomic mass is 10.1. The number of nitrogens with zero attached hydrogens (tertiary/aromatic N) is 2. The fraction of sp³-hybridized carbons (Fsp3) is 0.350. The monoisotopic (exact) mass is 369 g/mol. The van der Waals surface area contributed by atoms with Gasteiger partial charge in [0.25, 0.3) is 11.6 Å². The third-order valence-corrected chi connectivity index (χ3v) is 4.74. The van der Waals surface area contributed by atoms with Crippen LogP contribution in [0.3, 0.4) is 0 Å². The SMILES string of the molecule is COc1ccccc1NC(=O)c1ccc(N2CCCCCC2)c([N+](=O)[O-])c1. The van der Waals surface area contributed by atoms with E-state index in [0.717, 1.165) is 38.8 Å². The summed E-state index contributed by atoms with van der Waals surface area (Å²) >= 11 is 0. The average Bonchev–Trinajstić information content (AvgIpc) is 2.97. The fourth-order valence-corrected chi connectivity index (χ4v) is 3.33. The largest absolute Gasteiger partial charge is 0.495 e. The van der Waals surface area contributed by atoms with Gasteiger partial charge in [-0.2, -0.15) is 0 Å². The lowest BCUT2D eigenvalue weighted by Crippen LogP contribution is -2.25. The van der Waals surface area contributed by atoms with Crippen LogP contribution >= 0.6 is 0 Å². The molecule has 0 radical (unpaired) electrons. The number of amides is 1. The Balaban J connectivity index is 1.86. The van der Waals surface area contributed by atoms with Crippen molar-refractivity contribution in [3.05, 3.63) is 58.1 Å². The maximum atomic E-state index is 12.6. The van der Waals surface area contributed by atoms with Gasteiger partial charge < -0.3 is 15.0 Å². The highest BCUT2D eigenvalue weighted by atomic mass is 16.6. The summed E-state index contributed by atoms with van der Waals surface area (Å²) < 4.78 is 5.22. The van der Waals surface area contributed by atoms with Crippen molar-refractivity contribution in [1.29, 1.82) is 0 Å². The highest BCUT2D eigenvalue weighted by molar-refractivity contribution is 6.05. The molecule has 1 aliphatic heterocycles. The predicted octanol–water partition coefficient (Wildman–Crippen LogP) is 4.24. The van der Waals surface area contributed by atoms with Crippen LogP contribution in [-0.4, -0.2) is 31.0 Å². The van der Waals surface area contributed by atoms with Gasteiger partial charge in [-0.15, -0.1) is 0 Å². The van der Waals surface area contributed by atoms with Crippen molar-refractivity contribution in [3.63, 3.8) is 0 Å². The topological polar surface area (TPSA) is 84.7 Å². The van der Waals surface area contributed by atoms with Gasteiger partial charge in [0.2, 0.25) is 0 Å². The number of hydrogen-bond donors (Lipinski definition) is 1. The van der Waals surface area contributed by atoms with E-state index in [1.807, 2.05) is 4.90 Å². The first-order valence-corrected chi connectivity index (χ1v) is 9.08. The van der Waals surface area contributed by atoms with Crippen molar-refractivity contribution < 1.29 is 14.5 Å². The minimum Gasteiger partial charge on any atom is -0.495 e. The van der Waals surface area contributed by atoms with Gasteiger partial charge in [0.1, 0.15) is 11.4 Å². The Hall–Kier alpha value is -3.09. The molecule has 0 atom stereocenters. The van der Waals surface area contributed by atoms with Crippen LogP contribution in [-0.2, 0) is 0 Å². The van der Waals surface area contributed by atoms with E-state index < -0.39 is 10.8 Å². The first-order chi connectivity index (χ1) is 13.1. The lowest BCUT2D eigenvalue weighted by Gasteiger charge is -2.22. The number of ether oxygens (including phenoxy) is 1. The number of nitro benzene ring substituents is 1. The minimum absolute atomic E-state index is 0.0374. The van der Waals surface area contributed by atoms with Gasteiger partial charge in [0, 0.05) is 24.7 Å². The smallest absolute Gasteiger partial charge is 0.293 e. The third kappa shape index (κ3) is 4.36. The summed E-state index contributed by atoms with van der Waals surface area (Å²) in [5, 5.41) is 14.4. The first kappa shape index (κ1) is 18.7. The van der Waals surface area contributed by atoms with Crippen molar-refractivity contribution in [2.75, 3.05) is 30.4 Å². The molecule has 0 saturated carbocycles. The molecule has 0 spiro atoms. The molecule has 2 aromatic carbocycles. The number of hydrogen-bond acceptors (Lipinski definition) is 5. The number of nitro groups is 1. The molecule has 0 aromatic heterocycles. The van der Waals surface area contributed by atoms with Crippen LogP contribution < -0.4 is 15.0 Å². The highest BCUT2D eigenvalue weighted by Gasteiger charge is 2.23. The van der Waals surface area contributed by atoms with Gasteiger partial charge in [-0.05, 0) is 37.1 Å². The minimum atomic E-state index is -0.417. The van der Waals surface area contributed by atoms with E-state index in [1.165, 1.54) is 13.2 Å². The molecule has 1 amide bonds. The highest BCUT2D eigenvalue weighted by Crippen LogP contribution is 2.32. The summed E-state index contributed by atoms with van der Waals surface area (Å²) in [6, 6.07) is 11.7. The standard InChI is InChI=1S/C20H23N3O4/c1-27-19-9-5-4-8-16(19)21-20(24)15-10-11-17(18(14-15)23(25)26)22-12-6-2-3-7-13-22/h4-5,8-11,14H,2-3,6-7,12-13H2,1H3,(H,21,24). The van der Waals surface area contributed by atoms with Crippen LogP contribution in [0, 0.1) is 10.1 Å². The summed E-state index contributed by atoms with van der Waals surface area (Å²) in [7, 11) is 1.52. The van der Waals surface area contributed by atoms with Gasteiger partial charge in [-0.1, -0.05) is 25.0 Å². The summed E-state index contributed by atoms with van der Waals surface area (Å²) in [4.78, 5) is 25.8. The normalized spacial score (nSPS) is 14.3. The number of nitrogens with one attached hydrogen (secondary N) is 1. The summed E-state index contributed by atoms with van der Waals surface area (Å²) in [5.41, 5.74) is 1.30. The molecule has 1 fully saturated rings. The fourth-order valence-electron chi connectivity index (χ4n) is 3.33. The predicted molar refractivity (Wildman–Crippen MR) is 105 cm³/mol. The zero-order valence-electron chi connectivity index (χ0n) is 15.3. The molecule has 1 N–H and O–H groups in total. The molecule has 1 heterocycles. The van der Waals surface area contributed by atoms with E-state index in [9.17, 15) is 14.9 Å². The molecule has 2 aromatic rings. The van der Waals surface area contributed by atoms with Crippen molar-refractivity contribution in [1.82, 2.24) is 0 Å². The van der Waals surface area contributed by atoms with Gasteiger partial charge in [0.15, 0.2) is 0 Å². The molecule has 3 rings (SSSR count). The summed E-state index contributed by atoms with van der Waals surface area (Å²) in [5.74, 6) is 0.117. The van der Waals surface area contributed by atoms with Crippen molar-refractivity contribution in [2.45, 2.75) is 25.7 Å². The van der Waals surface area contributed by atoms with Crippen molar-refractivity contribution >= 4 is 23.0 Å². The van der Waals surface area contributed by atoms with Gasteiger partial charge in [-0.3, -0.25) is 14.9 Å². The van der Waals surface area contributed by atoms with E-state index >= 15 is 0 Å². The van der Waals surface area contributed by atoms with E-state index in [0.29, 0.717) is 17.1 Å². The quantitative estimate of drug-likeness (QED) is 0.629. The Labute approximate surface area is 158 Å². The Morgan fingerprint density at radius 2 is 1.81 bits per heavy atom. The average molecular weight is 369 g/mol. The van der Waals surface area contributed by atoms with Crippen LogP contribution in [0.25, 0.3) is 0 Å². The van der Waals surface area contributed by atoms with Crippen molar-refractivity contribution in [2.24, 2.45) is 0 Å². The second-order valence-corrected chi connectivity index (χ2v) is 6.52. The van der Waals surface area contributed by atoms with Crippen LogP contribution in [0.5, 0.6) is 5.75 Å². The molecule has 7 heteroatoms. The number of anilines is 2. The molecule has 1 saturated heterocycles. The molecule has 0 bridgehead atoms. The molecule has 0 unspecified atom stereocenters. The second-order valence-electron chi connectivity index (χ2n) is 6.52. The number of carbonyl (C=O) groups excluding carboxylic acids is 1. The maximum absolute atomic E-state index is 12.6. The maximum Gasteiger partial charge on any atom is 0.293 e. The van der Waals surface area contributed by atoms with E-state index in [1.54, 1.807) is 36.4 Å². The zero-order chi connectivity index (χ0) is 19.2. The Kier molecular flexibility index (Phi) is 5.90. The number of methoxy groups -OCH3 is 1. The van der Waals surface area contributed by atoms with Crippen LogP contribution in [0.15, 0.2) is 42.5 Å². The molecule has 7 nitrogen and oxygen atoms in total. The number of benzene rings is 2. The Morgan fingerprint density at radius 1 is 1.11 bits per heavy atom. The van der Waals surface area contributed by atoms with E-state index in [4.69, 9.17) is 4.74 Å². The van der Waals surface area contributed by atoms with Crippen LogP contribution in [0.1, 0.15) is 36.0 Å². The molecular formula is C20H23N3O4. The van der Waals surface area contributed by atoms with Gasteiger partial charge >= 0.3 is 0 Å². The van der Waals surface area contributed by atoms with Gasteiger partial charge in [-0.25, -0.2) is 0 Å². The molecule has 27 heavy (non-hydrogen) atoms. The Bertz CT molecular complexity index is 830. The summed E-state index contributed by atoms with van der Waals surface area (Å²) in [6.45, 7) is 1.60. The zero-order valence-corrected chi connectivity index (χ0v) is 15.3. The molecule has 0 aliphatic carbocycles. The van der Waals surface area contributed by atoms with E-state index in [-0.39, 0.29) is 11.3 Å². The number of rotatable bonds is 5. The Morgan fingerprint density at radius 3 is 2.48 bits per heavy atom. The van der Waals surface area contributed by atoms with Crippen LogP contribution in [0.2, 0.25) is 0 Å². The van der Waals surface area contributed by atoms with Crippen molar-refractivity contribution in [3.8, 4) is 5.75 Å². The first-order valence-electron chi connectivity index (χ1n) is 9.08. The molecular weight excluding hydrogens is 346 g/mol. The third-order valence-electron chi connectivity index (χ3n) is 4.74. The number of para-hydroxylation sites is 2. The summed E-state index contributed by atoms with van der Waals surface area (Å²) in [6.07, 6.45) is 4.33. The van der Waals surface area contributed by atoms with E-state index in [2.05, 4.69) is 5.32 Å². The molecule has 1 aliphatic rings.